The zero-order valence-electron chi connectivity index (χ0n) is 16.1. The number of nitrogens with zero attached hydrogens (tertiary/aromatic N) is 3. The minimum atomic E-state index is -0.508. The highest BCUT2D eigenvalue weighted by molar-refractivity contribution is 14.1. The monoisotopic (exact) mass is 541 g/mol. The van der Waals surface area contributed by atoms with Crippen molar-refractivity contribution in [3.63, 3.8) is 0 Å². The van der Waals surface area contributed by atoms with Gasteiger partial charge in [-0.1, -0.05) is 17.7 Å². The summed E-state index contributed by atoms with van der Waals surface area (Å²) in [5, 5.41) is 6.55. The van der Waals surface area contributed by atoms with Crippen molar-refractivity contribution in [1.29, 1.82) is 0 Å². The highest BCUT2D eigenvalue weighted by Gasteiger charge is 2.13. The number of aromatic nitrogens is 2. The standard InChI is InChI=1S/C20H18ClFIN5O2/c1-28(2)7-3-4-19(29)27-17-9-13-16(10-18(17)30-23)24-11-25-20(13)26-12-5-6-15(22)14(21)8-12/h3-6,8-11H,7H2,1-2H3,(H,27,29)(H,24,25,26)/b4-3+. The summed E-state index contributed by atoms with van der Waals surface area (Å²) < 4.78 is 18.8. The third-order valence-corrected chi connectivity index (χ3v) is 4.76. The molecular weight excluding hydrogens is 524 g/mol. The number of benzene rings is 2. The van der Waals surface area contributed by atoms with Crippen LogP contribution in [0.25, 0.3) is 10.9 Å². The number of amides is 1. The summed E-state index contributed by atoms with van der Waals surface area (Å²) in [5.74, 6) is 0.127. The fourth-order valence-corrected chi connectivity index (χ4v) is 3.15. The van der Waals surface area contributed by atoms with E-state index in [2.05, 4.69) is 20.6 Å². The van der Waals surface area contributed by atoms with Gasteiger partial charge in [0.2, 0.25) is 5.91 Å². The van der Waals surface area contributed by atoms with Gasteiger partial charge < -0.3 is 18.6 Å². The summed E-state index contributed by atoms with van der Waals surface area (Å²) in [4.78, 5) is 22.7. The van der Waals surface area contributed by atoms with Crippen LogP contribution in [-0.2, 0) is 4.79 Å². The molecule has 1 aromatic heterocycles. The lowest BCUT2D eigenvalue weighted by Gasteiger charge is -2.13. The second-order valence-corrected chi connectivity index (χ2v) is 7.42. The van der Waals surface area contributed by atoms with Gasteiger partial charge in [0.25, 0.3) is 0 Å². The van der Waals surface area contributed by atoms with Gasteiger partial charge in [-0.2, -0.15) is 0 Å². The molecule has 1 amide bonds. The molecule has 0 saturated carbocycles. The lowest BCUT2D eigenvalue weighted by molar-refractivity contribution is -0.111. The van der Waals surface area contributed by atoms with Crippen LogP contribution in [0.1, 0.15) is 0 Å². The maximum Gasteiger partial charge on any atom is 0.248 e. The van der Waals surface area contributed by atoms with E-state index in [9.17, 15) is 9.18 Å². The van der Waals surface area contributed by atoms with Gasteiger partial charge in [-0.25, -0.2) is 14.4 Å². The highest BCUT2D eigenvalue weighted by atomic mass is 127. The molecule has 30 heavy (non-hydrogen) atoms. The predicted molar refractivity (Wildman–Crippen MR) is 125 cm³/mol. The summed E-state index contributed by atoms with van der Waals surface area (Å²) in [6, 6.07) is 7.70. The molecule has 2 aromatic carbocycles. The molecule has 0 fully saturated rings. The number of carbonyl (C=O) groups is 1. The van der Waals surface area contributed by atoms with Crippen LogP contribution in [0.4, 0.5) is 21.6 Å². The van der Waals surface area contributed by atoms with Gasteiger partial charge in [-0.15, -0.1) is 0 Å². The van der Waals surface area contributed by atoms with E-state index >= 15 is 0 Å². The first-order chi connectivity index (χ1) is 14.4. The summed E-state index contributed by atoms with van der Waals surface area (Å²) in [7, 11) is 3.83. The van der Waals surface area contributed by atoms with Gasteiger partial charge in [0, 0.05) is 29.8 Å². The van der Waals surface area contributed by atoms with E-state index < -0.39 is 5.82 Å². The summed E-state index contributed by atoms with van der Waals surface area (Å²) in [6.45, 7) is 0.642. The van der Waals surface area contributed by atoms with Crippen molar-refractivity contribution in [2.75, 3.05) is 31.3 Å². The van der Waals surface area contributed by atoms with E-state index in [1.807, 2.05) is 19.0 Å². The molecule has 0 bridgehead atoms. The molecule has 10 heteroatoms. The minimum Gasteiger partial charge on any atom is -0.425 e. The zero-order chi connectivity index (χ0) is 21.7. The minimum absolute atomic E-state index is 0.00331. The Morgan fingerprint density at radius 3 is 2.80 bits per heavy atom. The van der Waals surface area contributed by atoms with Crippen LogP contribution in [0.15, 0.2) is 48.8 Å². The molecule has 0 radical (unpaired) electrons. The largest absolute Gasteiger partial charge is 0.425 e. The summed E-state index contributed by atoms with van der Waals surface area (Å²) in [6.07, 6.45) is 4.62. The number of halogens is 3. The molecule has 0 aliphatic carbocycles. The van der Waals surface area contributed by atoms with Crippen LogP contribution in [0.5, 0.6) is 5.75 Å². The topological polar surface area (TPSA) is 79.4 Å². The van der Waals surface area contributed by atoms with Crippen LogP contribution >= 0.6 is 34.6 Å². The van der Waals surface area contributed by atoms with Crippen LogP contribution in [0.2, 0.25) is 5.02 Å². The van der Waals surface area contributed by atoms with Gasteiger partial charge in [0.1, 0.15) is 18.0 Å². The van der Waals surface area contributed by atoms with Gasteiger partial charge in [-0.05, 0) is 38.4 Å². The number of hydrogen-bond donors (Lipinski definition) is 2. The Kier molecular flexibility index (Phi) is 7.40. The average Bonchev–Trinajstić information content (AvgIpc) is 2.70. The van der Waals surface area contributed by atoms with Crippen molar-refractivity contribution in [2.24, 2.45) is 0 Å². The molecule has 7 nitrogen and oxygen atoms in total. The maximum atomic E-state index is 13.4. The normalized spacial score (nSPS) is 11.3. The van der Waals surface area contributed by atoms with Crippen molar-refractivity contribution in [1.82, 2.24) is 14.9 Å². The molecule has 0 unspecified atom stereocenters. The average molecular weight is 542 g/mol. The highest BCUT2D eigenvalue weighted by Crippen LogP contribution is 2.34. The van der Waals surface area contributed by atoms with E-state index in [4.69, 9.17) is 14.7 Å². The fraction of sp³-hybridized carbons (Fsp3) is 0.150. The van der Waals surface area contributed by atoms with E-state index in [-0.39, 0.29) is 10.9 Å². The van der Waals surface area contributed by atoms with Gasteiger partial charge in [0.15, 0.2) is 28.8 Å². The van der Waals surface area contributed by atoms with Crippen LogP contribution in [0, 0.1) is 5.82 Å². The molecule has 0 spiro atoms. The van der Waals surface area contributed by atoms with E-state index in [1.165, 1.54) is 24.5 Å². The molecule has 3 rings (SSSR count). The summed E-state index contributed by atoms with van der Waals surface area (Å²) in [5.41, 5.74) is 1.63. The van der Waals surface area contributed by atoms with E-state index in [0.29, 0.717) is 40.4 Å². The van der Waals surface area contributed by atoms with Gasteiger partial charge >= 0.3 is 0 Å². The first-order valence-corrected chi connectivity index (χ1v) is 10.0. The third kappa shape index (κ3) is 5.55. The molecule has 2 N–H and O–H groups in total. The van der Waals surface area contributed by atoms with Crippen LogP contribution in [-0.4, -0.2) is 41.4 Å². The fourth-order valence-electron chi connectivity index (χ4n) is 2.60. The Hall–Kier alpha value is -2.50. The Labute approximate surface area is 192 Å². The second kappa shape index (κ2) is 10.0. The smallest absolute Gasteiger partial charge is 0.248 e. The van der Waals surface area contributed by atoms with Crippen molar-refractivity contribution < 1.29 is 12.3 Å². The van der Waals surface area contributed by atoms with E-state index in [0.717, 1.165) is 0 Å². The first-order valence-electron chi connectivity index (χ1n) is 8.79. The van der Waals surface area contributed by atoms with Crippen LogP contribution in [0.3, 0.4) is 0 Å². The Morgan fingerprint density at radius 2 is 2.10 bits per heavy atom. The van der Waals surface area contributed by atoms with Crippen LogP contribution < -0.4 is 13.7 Å². The maximum absolute atomic E-state index is 13.4. The predicted octanol–water partition coefficient (Wildman–Crippen LogP) is 4.95. The molecule has 0 aliphatic rings. The Balaban J connectivity index is 1.94. The van der Waals surface area contributed by atoms with Gasteiger partial charge in [-0.3, -0.25) is 4.79 Å². The lowest BCUT2D eigenvalue weighted by Crippen LogP contribution is -2.13. The van der Waals surface area contributed by atoms with Crippen molar-refractivity contribution >= 4 is 68.6 Å². The number of likely N-dealkylation sites (N-methyl/N-ethyl adjacent to an activating group) is 1. The summed E-state index contributed by atoms with van der Waals surface area (Å²) >= 11 is 7.60. The number of rotatable bonds is 7. The SMILES string of the molecule is CN(C)C/C=C/C(=O)Nc1cc2c(Nc3ccc(F)c(Cl)c3)ncnc2cc1OI. The Bertz CT molecular complexity index is 1110. The first kappa shape index (κ1) is 22.2. The van der Waals surface area contributed by atoms with Crippen molar-refractivity contribution in [2.45, 2.75) is 0 Å². The Morgan fingerprint density at radius 1 is 1.30 bits per heavy atom. The van der Waals surface area contributed by atoms with Gasteiger partial charge in [0.05, 0.1) is 16.2 Å². The number of fused-ring (bicyclic) bond motifs is 1. The molecular formula is C20H18ClFIN5O2. The van der Waals surface area contributed by atoms with Crippen molar-refractivity contribution in [3.05, 3.63) is 59.7 Å². The zero-order valence-corrected chi connectivity index (χ0v) is 19.0. The molecule has 3 aromatic rings. The molecule has 0 saturated heterocycles. The molecule has 1 heterocycles. The molecule has 156 valence electrons. The van der Waals surface area contributed by atoms with E-state index in [1.54, 1.807) is 47.3 Å². The molecule has 0 aliphatic heterocycles. The third-order valence-electron chi connectivity index (χ3n) is 4.00. The van der Waals surface area contributed by atoms with Crippen molar-refractivity contribution in [3.8, 4) is 5.75 Å². The quantitative estimate of drug-likeness (QED) is 0.326. The number of anilines is 3. The number of hydrogen-bond acceptors (Lipinski definition) is 6. The number of carbonyl (C=O) groups excluding carboxylic acids is 1. The number of nitrogens with one attached hydrogen (secondary N) is 2. The lowest BCUT2D eigenvalue weighted by atomic mass is 10.2. The second-order valence-electron chi connectivity index (χ2n) is 6.57. The molecule has 0 atom stereocenters.